The first-order valence-electron chi connectivity index (χ1n) is 14.1. The fourth-order valence-corrected chi connectivity index (χ4v) is 5.68. The number of ether oxygens (including phenoxy) is 1. The number of rotatable bonds is 7. The van der Waals surface area contributed by atoms with Crippen molar-refractivity contribution in [2.75, 3.05) is 5.32 Å². The highest BCUT2D eigenvalue weighted by Gasteiger charge is 2.24. The molecular weight excluding hydrogens is 516 g/mol. The molecule has 1 amide bonds. The lowest BCUT2D eigenvalue weighted by atomic mass is 9.96. The van der Waals surface area contributed by atoms with Crippen molar-refractivity contribution in [3.63, 3.8) is 0 Å². The van der Waals surface area contributed by atoms with E-state index in [9.17, 15) is 9.59 Å². The van der Waals surface area contributed by atoms with Crippen molar-refractivity contribution in [2.24, 2.45) is 0 Å². The van der Waals surface area contributed by atoms with Gasteiger partial charge in [-0.2, -0.15) is 5.10 Å². The van der Waals surface area contributed by atoms with Crippen molar-refractivity contribution < 1.29 is 9.53 Å². The lowest BCUT2D eigenvalue weighted by Crippen LogP contribution is -2.42. The van der Waals surface area contributed by atoms with Crippen molar-refractivity contribution in [1.82, 2.24) is 24.6 Å². The summed E-state index contributed by atoms with van der Waals surface area (Å²) in [4.78, 5) is 34.0. The lowest BCUT2D eigenvalue weighted by molar-refractivity contribution is 0.0953. The summed E-state index contributed by atoms with van der Waals surface area (Å²) in [5.74, 6) is 0.322. The second kappa shape index (κ2) is 11.5. The third-order valence-electron chi connectivity index (χ3n) is 7.87. The van der Waals surface area contributed by atoms with Crippen LogP contribution in [0, 0.1) is 0 Å². The average molecular weight is 551 g/mol. The van der Waals surface area contributed by atoms with Gasteiger partial charge >= 0.3 is 6.09 Å². The molecule has 1 aliphatic rings. The van der Waals surface area contributed by atoms with Gasteiger partial charge in [0.1, 0.15) is 0 Å². The fourth-order valence-electron chi connectivity index (χ4n) is 5.68. The number of aromatic nitrogens is 4. The summed E-state index contributed by atoms with van der Waals surface area (Å²) in [6, 6.07) is 21.1. The minimum atomic E-state index is -0.676. The van der Waals surface area contributed by atoms with Crippen LogP contribution in [0.15, 0.2) is 84.0 Å². The van der Waals surface area contributed by atoms with Crippen LogP contribution in [0.5, 0.6) is 5.75 Å². The summed E-state index contributed by atoms with van der Waals surface area (Å²) in [7, 11) is 0. The smallest absolute Gasteiger partial charge is 0.407 e. The molecule has 5 aromatic rings. The number of nitrogens with one attached hydrogen (secondary N) is 3. The van der Waals surface area contributed by atoms with Gasteiger partial charge in [0, 0.05) is 35.7 Å². The highest BCUT2D eigenvalue weighted by Crippen LogP contribution is 2.28. The minimum absolute atomic E-state index is 0.256. The number of carbonyl (C=O) groups is 1. The first-order chi connectivity index (χ1) is 19.9. The van der Waals surface area contributed by atoms with Gasteiger partial charge in [-0.1, -0.05) is 42.8 Å². The van der Waals surface area contributed by atoms with E-state index >= 15 is 0 Å². The molecule has 2 aromatic carbocycles. The maximum Gasteiger partial charge on any atom is 0.417 e. The van der Waals surface area contributed by atoms with Crippen LogP contribution in [0.1, 0.15) is 44.2 Å². The number of pyridine rings is 1. The summed E-state index contributed by atoms with van der Waals surface area (Å²) in [5, 5.41) is 8.00. The Bertz CT molecular complexity index is 1710. The number of carbonyl (C=O) groups excluding carboxylic acids is 1. The molecule has 2 atom stereocenters. The van der Waals surface area contributed by atoms with E-state index in [1.54, 1.807) is 16.9 Å². The van der Waals surface area contributed by atoms with Crippen LogP contribution >= 0.6 is 0 Å². The molecule has 1 aliphatic heterocycles. The van der Waals surface area contributed by atoms with Gasteiger partial charge in [0.15, 0.2) is 5.75 Å². The van der Waals surface area contributed by atoms with Crippen LogP contribution in [0.3, 0.4) is 0 Å². The Labute approximate surface area is 238 Å². The zero-order valence-electron chi connectivity index (χ0n) is 23.3. The number of H-pyrrole nitrogens is 2. The van der Waals surface area contributed by atoms with E-state index in [-0.39, 0.29) is 5.56 Å². The topological polar surface area (TPSA) is 108 Å². The molecule has 6 rings (SSSR count). The van der Waals surface area contributed by atoms with Gasteiger partial charge in [-0.15, -0.1) is 0 Å². The quantitative estimate of drug-likeness (QED) is 0.226. The molecule has 210 valence electrons. The molecule has 4 heterocycles. The van der Waals surface area contributed by atoms with Gasteiger partial charge in [-0.3, -0.25) is 19.7 Å². The molecule has 0 radical (unpaired) electrons. The summed E-state index contributed by atoms with van der Waals surface area (Å²) in [5.41, 5.74) is 4.55. The van der Waals surface area contributed by atoms with E-state index < -0.39 is 6.09 Å². The number of aromatic amines is 2. The number of hydrogen-bond acceptors (Lipinski definition) is 5. The SMILES string of the molecule is C[C@@H]1CCC[C@H](C)N1Cc1ccc2[nH]c(-c3cc(NC(=O)Oc4cnn(Cc5ccccc5)c4)c[nH]c3=O)cc2c1. The Kier molecular flexibility index (Phi) is 7.43. The van der Waals surface area contributed by atoms with Gasteiger partial charge in [-0.05, 0) is 62.1 Å². The van der Waals surface area contributed by atoms with E-state index in [4.69, 9.17) is 4.74 Å². The van der Waals surface area contributed by atoms with Gasteiger partial charge in [0.05, 0.1) is 35.9 Å². The summed E-state index contributed by atoms with van der Waals surface area (Å²) >= 11 is 0. The molecule has 0 unspecified atom stereocenters. The average Bonchev–Trinajstić information content (AvgIpc) is 3.58. The number of anilines is 1. The third-order valence-corrected chi connectivity index (χ3v) is 7.87. The normalized spacial score (nSPS) is 17.5. The first kappa shape index (κ1) is 26.6. The van der Waals surface area contributed by atoms with Gasteiger partial charge < -0.3 is 14.7 Å². The summed E-state index contributed by atoms with van der Waals surface area (Å²) in [6.07, 6.45) is 7.69. The van der Waals surface area contributed by atoms with Crippen LogP contribution in [-0.2, 0) is 13.1 Å². The van der Waals surface area contributed by atoms with E-state index in [1.807, 2.05) is 36.4 Å². The zero-order chi connectivity index (χ0) is 28.3. The van der Waals surface area contributed by atoms with E-state index in [2.05, 4.69) is 57.3 Å². The molecule has 1 fully saturated rings. The fraction of sp³-hybridized carbons (Fsp3) is 0.281. The van der Waals surface area contributed by atoms with Crippen LogP contribution < -0.4 is 15.6 Å². The molecular formula is C32H34N6O3. The van der Waals surface area contributed by atoms with Crippen LogP contribution in [-0.4, -0.2) is 42.8 Å². The molecule has 1 saturated heterocycles. The first-order valence-corrected chi connectivity index (χ1v) is 14.1. The number of fused-ring (bicyclic) bond motifs is 1. The maximum atomic E-state index is 12.7. The molecule has 3 N–H and O–H groups in total. The van der Waals surface area contributed by atoms with Crippen LogP contribution in [0.25, 0.3) is 22.2 Å². The van der Waals surface area contributed by atoms with Crippen LogP contribution in [0.2, 0.25) is 0 Å². The Morgan fingerprint density at radius 1 is 1.02 bits per heavy atom. The molecule has 41 heavy (non-hydrogen) atoms. The maximum absolute atomic E-state index is 12.7. The highest BCUT2D eigenvalue weighted by atomic mass is 16.6. The Morgan fingerprint density at radius 3 is 2.63 bits per heavy atom. The number of nitrogens with zero attached hydrogens (tertiary/aromatic N) is 3. The summed E-state index contributed by atoms with van der Waals surface area (Å²) < 4.78 is 7.11. The Morgan fingerprint density at radius 2 is 1.83 bits per heavy atom. The zero-order valence-corrected chi connectivity index (χ0v) is 23.3. The largest absolute Gasteiger partial charge is 0.417 e. The minimum Gasteiger partial charge on any atom is -0.407 e. The van der Waals surface area contributed by atoms with E-state index in [0.29, 0.717) is 41.3 Å². The van der Waals surface area contributed by atoms with Crippen molar-refractivity contribution in [1.29, 1.82) is 0 Å². The molecule has 0 bridgehead atoms. The number of amides is 1. The molecule has 9 nitrogen and oxygen atoms in total. The lowest BCUT2D eigenvalue weighted by Gasteiger charge is -2.39. The van der Waals surface area contributed by atoms with E-state index in [0.717, 1.165) is 23.0 Å². The molecule has 0 spiro atoms. The Hall–Kier alpha value is -4.63. The number of hydrogen-bond donors (Lipinski definition) is 3. The Balaban J connectivity index is 1.14. The molecule has 0 aliphatic carbocycles. The predicted molar refractivity (Wildman–Crippen MR) is 160 cm³/mol. The molecule has 3 aromatic heterocycles. The van der Waals surface area contributed by atoms with Gasteiger partial charge in [0.2, 0.25) is 0 Å². The van der Waals surface area contributed by atoms with Crippen molar-refractivity contribution in [3.8, 4) is 17.0 Å². The second-order valence-corrected chi connectivity index (χ2v) is 10.9. The van der Waals surface area contributed by atoms with Gasteiger partial charge in [0.25, 0.3) is 5.56 Å². The van der Waals surface area contributed by atoms with Crippen molar-refractivity contribution >= 4 is 22.7 Å². The second-order valence-electron chi connectivity index (χ2n) is 10.9. The number of piperidine rings is 1. The molecule has 0 saturated carbocycles. The summed E-state index contributed by atoms with van der Waals surface area (Å²) in [6.45, 7) is 6.10. The standard InChI is InChI=1S/C32H34N6O3/c1-21-7-6-8-22(2)38(21)19-24-11-12-29-25(13-24)14-30(36-29)28-15-26(16-33-31(28)39)35-32(40)41-27-17-34-37(20-27)18-23-9-4-3-5-10-23/h3-5,9-17,20-22,36H,6-8,18-19H2,1-2H3,(H,33,39)(H,35,40)/t21-,22+. The monoisotopic (exact) mass is 550 g/mol. The van der Waals surface area contributed by atoms with Crippen LogP contribution in [0.4, 0.5) is 10.5 Å². The third kappa shape index (κ3) is 6.10. The van der Waals surface area contributed by atoms with Gasteiger partial charge in [-0.25, -0.2) is 4.79 Å². The number of benzene rings is 2. The molecule has 9 heteroatoms. The van der Waals surface area contributed by atoms with Crippen molar-refractivity contribution in [2.45, 2.75) is 58.3 Å². The van der Waals surface area contributed by atoms with Crippen molar-refractivity contribution in [3.05, 3.63) is 101 Å². The predicted octanol–water partition coefficient (Wildman–Crippen LogP) is 6.14. The number of likely N-dealkylation sites (tertiary alicyclic amines) is 1. The van der Waals surface area contributed by atoms with E-state index in [1.165, 1.54) is 37.2 Å². The highest BCUT2D eigenvalue weighted by molar-refractivity contribution is 5.89.